The van der Waals surface area contributed by atoms with Crippen molar-refractivity contribution in [3.63, 3.8) is 0 Å². The quantitative estimate of drug-likeness (QED) is 0.236. The van der Waals surface area contributed by atoms with Crippen LogP contribution < -0.4 is 4.74 Å². The normalized spacial score (nSPS) is 20.1. The highest BCUT2D eigenvalue weighted by molar-refractivity contribution is 14.1. The summed E-state index contributed by atoms with van der Waals surface area (Å²) in [5.74, 6) is -2.55. The summed E-state index contributed by atoms with van der Waals surface area (Å²) in [6, 6.07) is 9.55. The smallest absolute Gasteiger partial charge is 0.387 e. The number of aryl methyl sites for hydroxylation is 1. The minimum atomic E-state index is -3.27. The maximum atomic E-state index is 13.9. The van der Waals surface area contributed by atoms with Gasteiger partial charge in [-0.3, -0.25) is 0 Å². The molecule has 0 aromatic heterocycles. The van der Waals surface area contributed by atoms with Crippen molar-refractivity contribution in [2.45, 2.75) is 49.1 Å². The topological polar surface area (TPSA) is 9.23 Å². The van der Waals surface area contributed by atoms with Crippen molar-refractivity contribution in [3.8, 4) is 16.9 Å². The average molecular weight is 492 g/mol. The molecule has 1 fully saturated rings. The summed E-state index contributed by atoms with van der Waals surface area (Å²) >= 11 is 2.53. The molecule has 2 aromatic rings. The van der Waals surface area contributed by atoms with Crippen molar-refractivity contribution in [1.29, 1.82) is 0 Å². The molecule has 1 nitrogen and oxygen atoms in total. The molecular weight excluding hydrogens is 471 g/mol. The van der Waals surface area contributed by atoms with Crippen LogP contribution in [0, 0.1) is 17.6 Å². The first-order chi connectivity index (χ1) is 12.9. The fourth-order valence-corrected chi connectivity index (χ4v) is 4.29. The molecule has 2 aromatic carbocycles. The van der Waals surface area contributed by atoms with Crippen LogP contribution in [0.15, 0.2) is 36.4 Å². The van der Waals surface area contributed by atoms with Gasteiger partial charge in [0.1, 0.15) is 0 Å². The average Bonchev–Trinajstić information content (AvgIpc) is 2.64. The number of hydrogen-bond acceptors (Lipinski definition) is 1. The van der Waals surface area contributed by atoms with Crippen LogP contribution >= 0.6 is 22.6 Å². The Hall–Kier alpha value is -1.31. The number of alkyl halides is 3. The van der Waals surface area contributed by atoms with Crippen LogP contribution in [0.3, 0.4) is 0 Å². The van der Waals surface area contributed by atoms with Crippen molar-refractivity contribution in [2.24, 2.45) is 5.92 Å². The van der Waals surface area contributed by atoms with E-state index in [1.54, 1.807) is 12.1 Å². The van der Waals surface area contributed by atoms with Crippen molar-refractivity contribution < 1.29 is 22.3 Å². The molecule has 6 heteroatoms. The van der Waals surface area contributed by atoms with Crippen LogP contribution in [-0.2, 0) is 6.42 Å². The first-order valence-corrected chi connectivity index (χ1v) is 10.3. The van der Waals surface area contributed by atoms with E-state index >= 15 is 0 Å². The zero-order chi connectivity index (χ0) is 19.4. The van der Waals surface area contributed by atoms with Crippen LogP contribution in [0.2, 0.25) is 0 Å². The molecule has 0 unspecified atom stereocenters. The second-order valence-corrected chi connectivity index (χ2v) is 8.76. The summed E-state index contributed by atoms with van der Waals surface area (Å²) in [5.41, 5.74) is 2.11. The summed E-state index contributed by atoms with van der Waals surface area (Å²) in [7, 11) is 0. The summed E-state index contributed by atoms with van der Waals surface area (Å²) in [4.78, 5) is 0. The first kappa shape index (κ1) is 20.4. The van der Waals surface area contributed by atoms with Gasteiger partial charge in [0.15, 0.2) is 17.4 Å². The SMILES string of the molecule is Fc1cc(-c2ccc(CCC3CCC(I)CC3)cc2)cc(F)c1OC(F)F. The fourth-order valence-electron chi connectivity index (χ4n) is 3.57. The molecule has 0 amide bonds. The molecule has 0 N–H and O–H groups in total. The third kappa shape index (κ3) is 5.59. The predicted octanol–water partition coefficient (Wildman–Crippen LogP) is 7.16. The van der Waals surface area contributed by atoms with Gasteiger partial charge in [-0.05, 0) is 73.3 Å². The summed E-state index contributed by atoms with van der Waals surface area (Å²) in [6.45, 7) is -3.27. The Bertz CT molecular complexity index is 732. The maximum Gasteiger partial charge on any atom is 0.387 e. The molecule has 1 aliphatic carbocycles. The van der Waals surface area contributed by atoms with Gasteiger partial charge in [-0.2, -0.15) is 8.78 Å². The van der Waals surface area contributed by atoms with E-state index in [9.17, 15) is 17.6 Å². The molecule has 146 valence electrons. The second-order valence-electron chi connectivity index (χ2n) is 7.00. The van der Waals surface area contributed by atoms with Crippen molar-refractivity contribution >= 4 is 22.6 Å². The molecule has 0 radical (unpaired) electrons. The third-order valence-electron chi connectivity index (χ3n) is 5.11. The zero-order valence-corrected chi connectivity index (χ0v) is 16.9. The van der Waals surface area contributed by atoms with Gasteiger partial charge in [0, 0.05) is 3.92 Å². The van der Waals surface area contributed by atoms with Crippen molar-refractivity contribution in [2.75, 3.05) is 0 Å². The minimum Gasteiger partial charge on any atom is -0.429 e. The lowest BCUT2D eigenvalue weighted by molar-refractivity contribution is -0.0546. The standard InChI is InChI=1S/C21H21F4IO/c22-18-11-16(12-19(23)20(18)27-21(24)25)15-7-3-13(4-8-15)1-2-14-5-9-17(26)10-6-14/h3-4,7-8,11-12,14,17,21H,1-2,5-6,9-10H2. The molecule has 0 saturated heterocycles. The molecule has 0 aliphatic heterocycles. The van der Waals surface area contributed by atoms with E-state index in [0.29, 0.717) is 11.1 Å². The zero-order valence-electron chi connectivity index (χ0n) is 14.7. The predicted molar refractivity (Wildman–Crippen MR) is 107 cm³/mol. The second kappa shape index (κ2) is 9.26. The van der Waals surface area contributed by atoms with E-state index in [0.717, 1.165) is 34.8 Å². The van der Waals surface area contributed by atoms with Crippen LogP contribution in [0.25, 0.3) is 11.1 Å². The summed E-state index contributed by atoms with van der Waals surface area (Å²) in [5, 5.41) is 0. The number of rotatable bonds is 6. The number of benzene rings is 2. The largest absolute Gasteiger partial charge is 0.429 e. The maximum absolute atomic E-state index is 13.9. The lowest BCUT2D eigenvalue weighted by atomic mass is 9.85. The Morgan fingerprint density at radius 1 is 0.926 bits per heavy atom. The van der Waals surface area contributed by atoms with E-state index in [1.807, 2.05) is 12.1 Å². The fraction of sp³-hybridized carbons (Fsp3) is 0.429. The van der Waals surface area contributed by atoms with Gasteiger partial charge in [-0.1, -0.05) is 46.9 Å². The van der Waals surface area contributed by atoms with Gasteiger partial charge in [0.2, 0.25) is 0 Å². The lowest BCUT2D eigenvalue weighted by Gasteiger charge is -2.25. The summed E-state index contributed by atoms with van der Waals surface area (Å²) < 4.78 is 56.9. The highest BCUT2D eigenvalue weighted by Crippen LogP contribution is 2.33. The van der Waals surface area contributed by atoms with Gasteiger partial charge >= 0.3 is 6.61 Å². The Morgan fingerprint density at radius 2 is 1.52 bits per heavy atom. The Morgan fingerprint density at radius 3 is 2.07 bits per heavy atom. The third-order valence-corrected chi connectivity index (χ3v) is 6.36. The van der Waals surface area contributed by atoms with E-state index in [2.05, 4.69) is 27.3 Å². The Kier molecular flexibility index (Phi) is 7.00. The monoisotopic (exact) mass is 492 g/mol. The summed E-state index contributed by atoms with van der Waals surface area (Å²) in [6.07, 6.45) is 7.32. The van der Waals surface area contributed by atoms with Crippen molar-refractivity contribution in [1.82, 2.24) is 0 Å². The van der Waals surface area contributed by atoms with E-state index in [4.69, 9.17) is 0 Å². The molecular formula is C21H21F4IO. The van der Waals surface area contributed by atoms with Crippen LogP contribution in [0.5, 0.6) is 5.75 Å². The van der Waals surface area contributed by atoms with Crippen LogP contribution in [0.1, 0.15) is 37.7 Å². The van der Waals surface area contributed by atoms with Crippen LogP contribution in [0.4, 0.5) is 17.6 Å². The molecule has 0 bridgehead atoms. The van der Waals surface area contributed by atoms with E-state index in [1.165, 1.54) is 31.2 Å². The number of hydrogen-bond donors (Lipinski definition) is 0. The first-order valence-electron chi connectivity index (χ1n) is 9.09. The molecule has 0 spiro atoms. The molecule has 3 rings (SSSR count). The van der Waals surface area contributed by atoms with Crippen LogP contribution in [-0.4, -0.2) is 10.5 Å². The number of halogens is 5. The molecule has 0 atom stereocenters. The van der Waals surface area contributed by atoms with Gasteiger partial charge in [-0.25, -0.2) is 8.78 Å². The van der Waals surface area contributed by atoms with Crippen molar-refractivity contribution in [3.05, 3.63) is 53.6 Å². The Balaban J connectivity index is 1.65. The highest BCUT2D eigenvalue weighted by atomic mass is 127. The van der Waals surface area contributed by atoms with Gasteiger partial charge < -0.3 is 4.74 Å². The lowest BCUT2D eigenvalue weighted by Crippen LogP contribution is -2.14. The number of ether oxygens (including phenoxy) is 1. The molecule has 27 heavy (non-hydrogen) atoms. The van der Waals surface area contributed by atoms with Gasteiger partial charge in [-0.15, -0.1) is 0 Å². The van der Waals surface area contributed by atoms with Gasteiger partial charge in [0.25, 0.3) is 0 Å². The van der Waals surface area contributed by atoms with E-state index in [-0.39, 0.29) is 0 Å². The van der Waals surface area contributed by atoms with Gasteiger partial charge in [0.05, 0.1) is 0 Å². The minimum absolute atomic E-state index is 0.290. The Labute approximate surface area is 170 Å². The molecule has 1 saturated carbocycles. The highest BCUT2D eigenvalue weighted by Gasteiger charge is 2.19. The molecule has 1 aliphatic rings. The van der Waals surface area contributed by atoms with E-state index < -0.39 is 24.0 Å². The molecule has 0 heterocycles.